The third-order valence-corrected chi connectivity index (χ3v) is 5.03. The number of alkyl halides is 3. The Hall–Kier alpha value is -2.77. The summed E-state index contributed by atoms with van der Waals surface area (Å²) in [5.74, 6) is -2.43. The van der Waals surface area contributed by atoms with Gasteiger partial charge in [-0.3, -0.25) is 4.79 Å². The molecule has 1 atom stereocenters. The summed E-state index contributed by atoms with van der Waals surface area (Å²) in [5.41, 5.74) is 3.10. The molecule has 4 nitrogen and oxygen atoms in total. The SMILES string of the molecule is CC.CC.C[C@H](Cc1ccc2c(c1)CCN(c1cc(OC(F)(F)F)ccc1F)CC2)C(=O)O. The zero-order chi connectivity index (χ0) is 25.2. The van der Waals surface area contributed by atoms with Crippen LogP contribution in [0.15, 0.2) is 36.4 Å². The number of aliphatic carboxylic acids is 1. The molecule has 1 aliphatic rings. The molecule has 2 aromatic rings. The fourth-order valence-corrected chi connectivity index (χ4v) is 3.52. The van der Waals surface area contributed by atoms with E-state index in [9.17, 15) is 22.4 Å². The molecule has 1 N–H and O–H groups in total. The lowest BCUT2D eigenvalue weighted by Gasteiger charge is -2.24. The van der Waals surface area contributed by atoms with E-state index in [0.29, 0.717) is 32.4 Å². The quantitative estimate of drug-likeness (QED) is 0.497. The molecule has 33 heavy (non-hydrogen) atoms. The second-order valence-electron chi connectivity index (χ2n) is 7.19. The highest BCUT2D eigenvalue weighted by Crippen LogP contribution is 2.31. The van der Waals surface area contributed by atoms with Crippen molar-refractivity contribution in [3.05, 3.63) is 58.9 Å². The van der Waals surface area contributed by atoms with Gasteiger partial charge in [0.1, 0.15) is 11.6 Å². The molecule has 0 radical (unpaired) electrons. The zero-order valence-corrected chi connectivity index (χ0v) is 19.8. The molecule has 0 unspecified atom stereocenters. The first-order valence-corrected chi connectivity index (χ1v) is 11.3. The van der Waals surface area contributed by atoms with Crippen LogP contribution in [0, 0.1) is 11.7 Å². The summed E-state index contributed by atoms with van der Waals surface area (Å²) in [4.78, 5) is 12.8. The second-order valence-corrected chi connectivity index (χ2v) is 7.19. The minimum absolute atomic E-state index is 0.0688. The first kappa shape index (κ1) is 28.3. The molecule has 0 aromatic heterocycles. The molecule has 8 heteroatoms. The Morgan fingerprint density at radius 2 is 1.64 bits per heavy atom. The third-order valence-electron chi connectivity index (χ3n) is 5.03. The van der Waals surface area contributed by atoms with Gasteiger partial charge in [0.25, 0.3) is 0 Å². The third kappa shape index (κ3) is 8.59. The van der Waals surface area contributed by atoms with Crippen molar-refractivity contribution in [2.24, 2.45) is 5.92 Å². The summed E-state index contributed by atoms with van der Waals surface area (Å²) in [6, 6.07) is 8.81. The van der Waals surface area contributed by atoms with E-state index in [2.05, 4.69) is 4.74 Å². The molecular formula is C25H33F4NO3. The van der Waals surface area contributed by atoms with Gasteiger partial charge < -0.3 is 14.7 Å². The number of nitrogens with zero attached hydrogens (tertiary/aromatic N) is 1. The van der Waals surface area contributed by atoms with E-state index in [1.54, 1.807) is 11.8 Å². The van der Waals surface area contributed by atoms with E-state index in [1.807, 2.05) is 45.9 Å². The molecule has 3 rings (SSSR count). The van der Waals surface area contributed by atoms with Gasteiger partial charge in [0.2, 0.25) is 0 Å². The smallest absolute Gasteiger partial charge is 0.481 e. The molecule has 184 valence electrons. The fraction of sp³-hybridized carbons (Fsp3) is 0.480. The molecule has 0 spiro atoms. The van der Waals surface area contributed by atoms with Gasteiger partial charge >= 0.3 is 12.3 Å². The van der Waals surface area contributed by atoms with Crippen molar-refractivity contribution < 1.29 is 32.2 Å². The van der Waals surface area contributed by atoms with Crippen LogP contribution in [0.5, 0.6) is 5.75 Å². The average Bonchev–Trinajstić information content (AvgIpc) is 2.99. The number of hydrogen-bond donors (Lipinski definition) is 1. The lowest BCUT2D eigenvalue weighted by Crippen LogP contribution is -2.27. The minimum atomic E-state index is -4.84. The van der Waals surface area contributed by atoms with Crippen molar-refractivity contribution in [3.63, 3.8) is 0 Å². The van der Waals surface area contributed by atoms with Gasteiger partial charge in [-0.2, -0.15) is 0 Å². The van der Waals surface area contributed by atoms with Crippen LogP contribution in [0.4, 0.5) is 23.2 Å². The molecule has 0 saturated carbocycles. The van der Waals surface area contributed by atoms with Gasteiger partial charge in [-0.05, 0) is 48.1 Å². The number of anilines is 1. The highest BCUT2D eigenvalue weighted by Gasteiger charge is 2.31. The Balaban J connectivity index is 0.00000129. The van der Waals surface area contributed by atoms with E-state index < -0.39 is 29.8 Å². The Kier molecular flexibility index (Phi) is 11.2. The Bertz CT molecular complexity index is 900. The Morgan fingerprint density at radius 3 is 2.21 bits per heavy atom. The predicted octanol–water partition coefficient (Wildman–Crippen LogP) is 6.65. The maximum absolute atomic E-state index is 14.3. The predicted molar refractivity (Wildman–Crippen MR) is 122 cm³/mol. The van der Waals surface area contributed by atoms with Crippen LogP contribution in [-0.2, 0) is 24.1 Å². The molecule has 2 aromatic carbocycles. The van der Waals surface area contributed by atoms with Gasteiger partial charge in [0, 0.05) is 19.2 Å². The molecule has 1 heterocycles. The van der Waals surface area contributed by atoms with E-state index >= 15 is 0 Å². The van der Waals surface area contributed by atoms with Crippen molar-refractivity contribution >= 4 is 11.7 Å². The number of carboxylic acids is 1. The molecule has 1 aliphatic heterocycles. The van der Waals surface area contributed by atoms with Gasteiger partial charge in [0.15, 0.2) is 0 Å². The zero-order valence-electron chi connectivity index (χ0n) is 19.8. The normalized spacial score (nSPS) is 13.9. The summed E-state index contributed by atoms with van der Waals surface area (Å²) < 4.78 is 55.6. The topological polar surface area (TPSA) is 49.8 Å². The lowest BCUT2D eigenvalue weighted by atomic mass is 9.95. The number of hydrogen-bond acceptors (Lipinski definition) is 3. The van der Waals surface area contributed by atoms with E-state index in [0.717, 1.165) is 34.9 Å². The standard InChI is InChI=1S/C21H21F4NO3.2C2H6/c1-13(20(27)28)10-14-2-3-15-6-8-26(9-7-16(15)11-14)19-12-17(4-5-18(19)22)29-21(23,24)25;2*1-2/h2-5,11-13H,6-10H2,1H3,(H,27,28);2*1-2H3/t13-;;/m1../s1. The molecule has 0 amide bonds. The Labute approximate surface area is 193 Å². The van der Waals surface area contributed by atoms with E-state index in [1.165, 1.54) is 0 Å². The summed E-state index contributed by atoms with van der Waals surface area (Å²) in [6.45, 7) is 10.5. The molecule has 0 saturated heterocycles. The number of ether oxygens (including phenoxy) is 1. The van der Waals surface area contributed by atoms with Gasteiger partial charge in [-0.15, -0.1) is 13.2 Å². The monoisotopic (exact) mass is 471 g/mol. The van der Waals surface area contributed by atoms with Crippen LogP contribution in [0.3, 0.4) is 0 Å². The number of carboxylic acid groups (broad SMARTS) is 1. The fourth-order valence-electron chi connectivity index (χ4n) is 3.52. The van der Waals surface area contributed by atoms with Gasteiger partial charge in [-0.25, -0.2) is 4.39 Å². The summed E-state index contributed by atoms with van der Waals surface area (Å²) >= 11 is 0. The van der Waals surface area contributed by atoms with Gasteiger partial charge in [-0.1, -0.05) is 52.8 Å². The molecule has 0 fully saturated rings. The number of rotatable bonds is 5. The van der Waals surface area contributed by atoms with Crippen LogP contribution in [-0.4, -0.2) is 30.5 Å². The number of halogens is 4. The van der Waals surface area contributed by atoms with Crippen molar-refractivity contribution in [1.29, 1.82) is 0 Å². The lowest BCUT2D eigenvalue weighted by molar-refractivity contribution is -0.274. The summed E-state index contributed by atoms with van der Waals surface area (Å²) in [5, 5.41) is 9.08. The minimum Gasteiger partial charge on any atom is -0.481 e. The van der Waals surface area contributed by atoms with Crippen molar-refractivity contribution in [1.82, 2.24) is 0 Å². The summed E-state index contributed by atoms with van der Waals surface area (Å²) in [6.07, 6.45) is -3.24. The Morgan fingerprint density at radius 1 is 1.03 bits per heavy atom. The van der Waals surface area contributed by atoms with Crippen LogP contribution in [0.1, 0.15) is 51.3 Å². The maximum Gasteiger partial charge on any atom is 0.573 e. The van der Waals surface area contributed by atoms with Crippen LogP contribution in [0.2, 0.25) is 0 Å². The van der Waals surface area contributed by atoms with Crippen molar-refractivity contribution in [2.75, 3.05) is 18.0 Å². The molecule has 0 aliphatic carbocycles. The first-order chi connectivity index (χ1) is 15.6. The first-order valence-electron chi connectivity index (χ1n) is 11.3. The average molecular weight is 472 g/mol. The van der Waals surface area contributed by atoms with Crippen LogP contribution < -0.4 is 9.64 Å². The van der Waals surface area contributed by atoms with Crippen molar-refractivity contribution in [2.45, 2.75) is 60.2 Å². The number of benzene rings is 2. The van der Waals surface area contributed by atoms with Crippen molar-refractivity contribution in [3.8, 4) is 5.75 Å². The van der Waals surface area contributed by atoms with Gasteiger partial charge in [0.05, 0.1) is 11.6 Å². The largest absolute Gasteiger partial charge is 0.573 e. The molecular weight excluding hydrogens is 438 g/mol. The summed E-state index contributed by atoms with van der Waals surface area (Å²) in [7, 11) is 0. The number of carbonyl (C=O) groups is 1. The van der Waals surface area contributed by atoms with E-state index in [4.69, 9.17) is 5.11 Å². The highest BCUT2D eigenvalue weighted by atomic mass is 19.4. The maximum atomic E-state index is 14.3. The molecule has 0 bridgehead atoms. The highest BCUT2D eigenvalue weighted by molar-refractivity contribution is 5.69. The van der Waals surface area contributed by atoms with Crippen LogP contribution >= 0.6 is 0 Å². The van der Waals surface area contributed by atoms with E-state index in [-0.39, 0.29) is 5.69 Å². The number of fused-ring (bicyclic) bond motifs is 1. The van der Waals surface area contributed by atoms with Crippen LogP contribution in [0.25, 0.3) is 0 Å². The second kappa shape index (κ2) is 13.1.